The quantitative estimate of drug-likeness (QED) is 0.797. The van der Waals surface area contributed by atoms with Crippen molar-refractivity contribution in [1.29, 1.82) is 0 Å². The molecule has 5 heteroatoms. The van der Waals surface area contributed by atoms with Crippen molar-refractivity contribution in [3.8, 4) is 0 Å². The number of rotatable bonds is 3. The summed E-state index contributed by atoms with van der Waals surface area (Å²) in [4.78, 5) is 18.1. The number of anilines is 2. The van der Waals surface area contributed by atoms with Gasteiger partial charge in [-0.05, 0) is 18.6 Å². The van der Waals surface area contributed by atoms with Crippen LogP contribution in [0.2, 0.25) is 0 Å². The zero-order valence-corrected chi connectivity index (χ0v) is 11.3. The topological polar surface area (TPSA) is 42.4 Å². The molecule has 0 amide bonds. The molecule has 2 aromatic rings. The molecule has 0 spiro atoms. The number of carbonyl (C=O) groups is 1. The van der Waals surface area contributed by atoms with E-state index in [1.165, 1.54) is 18.4 Å². The van der Waals surface area contributed by atoms with Gasteiger partial charge in [-0.25, -0.2) is 9.78 Å². The highest BCUT2D eigenvalue weighted by molar-refractivity contribution is 7.17. The number of ether oxygens (including phenoxy) is 1. The molecule has 0 N–H and O–H groups in total. The first kappa shape index (κ1) is 12.6. The van der Waals surface area contributed by atoms with Crippen LogP contribution in [0.1, 0.15) is 15.2 Å². The molecule has 1 heterocycles. The number of esters is 1. The number of methoxy groups -OCH3 is 1. The Bertz CT molecular complexity index is 566. The molecule has 0 radical (unpaired) electrons. The van der Waals surface area contributed by atoms with Gasteiger partial charge in [0.1, 0.15) is 4.88 Å². The molecular formula is C13H14N2O2S. The zero-order valence-electron chi connectivity index (χ0n) is 10.5. The second-order valence-electron chi connectivity index (χ2n) is 3.84. The van der Waals surface area contributed by atoms with Crippen LogP contribution < -0.4 is 4.90 Å². The Morgan fingerprint density at radius 3 is 2.78 bits per heavy atom. The summed E-state index contributed by atoms with van der Waals surface area (Å²) >= 11 is 1.32. The fraction of sp³-hybridized carbons (Fsp3) is 0.231. The lowest BCUT2D eigenvalue weighted by Crippen LogP contribution is -2.10. The van der Waals surface area contributed by atoms with E-state index < -0.39 is 0 Å². The van der Waals surface area contributed by atoms with Crippen LogP contribution in [0.3, 0.4) is 0 Å². The van der Waals surface area contributed by atoms with Gasteiger partial charge in [-0.3, -0.25) is 0 Å². The van der Waals surface area contributed by atoms with Gasteiger partial charge in [-0.1, -0.05) is 29.5 Å². The third-order valence-electron chi connectivity index (χ3n) is 2.64. The van der Waals surface area contributed by atoms with Crippen LogP contribution in [0, 0.1) is 6.92 Å². The number of hydrogen-bond acceptors (Lipinski definition) is 5. The predicted octanol–water partition coefficient (Wildman–Crippen LogP) is 3.01. The predicted molar refractivity (Wildman–Crippen MR) is 72.7 cm³/mol. The minimum Gasteiger partial charge on any atom is -0.465 e. The summed E-state index contributed by atoms with van der Waals surface area (Å²) in [5.41, 5.74) is 2.23. The zero-order chi connectivity index (χ0) is 13.1. The Morgan fingerprint density at radius 2 is 2.11 bits per heavy atom. The molecule has 0 saturated heterocycles. The van der Waals surface area contributed by atoms with Crippen molar-refractivity contribution >= 4 is 28.1 Å². The molecule has 0 atom stereocenters. The van der Waals surface area contributed by atoms with E-state index in [1.807, 2.05) is 43.1 Å². The van der Waals surface area contributed by atoms with Crippen molar-refractivity contribution in [2.24, 2.45) is 0 Å². The van der Waals surface area contributed by atoms with Crippen LogP contribution in [0.25, 0.3) is 0 Å². The van der Waals surface area contributed by atoms with Gasteiger partial charge in [0.15, 0.2) is 5.13 Å². The highest BCUT2D eigenvalue weighted by atomic mass is 32.1. The molecule has 4 nitrogen and oxygen atoms in total. The Balaban J connectivity index is 2.29. The van der Waals surface area contributed by atoms with Crippen LogP contribution in [-0.4, -0.2) is 25.1 Å². The van der Waals surface area contributed by atoms with Gasteiger partial charge in [0.2, 0.25) is 0 Å². The van der Waals surface area contributed by atoms with Crippen molar-refractivity contribution in [2.75, 3.05) is 19.1 Å². The molecule has 1 aromatic carbocycles. The molecule has 1 aromatic heterocycles. The van der Waals surface area contributed by atoms with E-state index in [0.29, 0.717) is 4.88 Å². The molecule has 18 heavy (non-hydrogen) atoms. The van der Waals surface area contributed by atoms with Gasteiger partial charge in [0, 0.05) is 12.7 Å². The highest BCUT2D eigenvalue weighted by Gasteiger charge is 2.14. The summed E-state index contributed by atoms with van der Waals surface area (Å²) in [7, 11) is 3.30. The summed E-state index contributed by atoms with van der Waals surface area (Å²) in [5.74, 6) is -0.350. The van der Waals surface area contributed by atoms with Crippen LogP contribution in [0.15, 0.2) is 30.5 Å². The minimum absolute atomic E-state index is 0.350. The fourth-order valence-corrected chi connectivity index (χ4v) is 2.47. The van der Waals surface area contributed by atoms with E-state index in [-0.39, 0.29) is 5.97 Å². The molecular weight excluding hydrogens is 248 g/mol. The Hall–Kier alpha value is -1.88. The standard InChI is InChI=1S/C13H14N2O2S/c1-9-6-4-5-7-10(9)15(2)13-14-8-11(18-13)12(16)17-3/h4-8H,1-3H3. The summed E-state index contributed by atoms with van der Waals surface area (Å²) < 4.78 is 4.67. The monoisotopic (exact) mass is 262 g/mol. The summed E-state index contributed by atoms with van der Waals surface area (Å²) in [6, 6.07) is 8.04. The lowest BCUT2D eigenvalue weighted by molar-refractivity contribution is 0.0606. The number of thiazole rings is 1. The molecule has 0 fully saturated rings. The maximum Gasteiger partial charge on any atom is 0.349 e. The first-order valence-electron chi connectivity index (χ1n) is 5.47. The first-order valence-corrected chi connectivity index (χ1v) is 6.28. The van der Waals surface area contributed by atoms with Crippen molar-refractivity contribution in [3.63, 3.8) is 0 Å². The Morgan fingerprint density at radius 1 is 1.39 bits per heavy atom. The van der Waals surface area contributed by atoms with Gasteiger partial charge >= 0.3 is 5.97 Å². The van der Waals surface area contributed by atoms with Crippen LogP contribution in [0.5, 0.6) is 0 Å². The Labute approximate surface area is 110 Å². The molecule has 0 saturated carbocycles. The second-order valence-corrected chi connectivity index (χ2v) is 4.85. The van der Waals surface area contributed by atoms with Crippen molar-refractivity contribution in [3.05, 3.63) is 40.9 Å². The van der Waals surface area contributed by atoms with Gasteiger partial charge in [-0.2, -0.15) is 0 Å². The van der Waals surface area contributed by atoms with Crippen LogP contribution in [-0.2, 0) is 4.74 Å². The van der Waals surface area contributed by atoms with Crippen LogP contribution in [0.4, 0.5) is 10.8 Å². The maximum atomic E-state index is 11.4. The number of nitrogens with zero attached hydrogens (tertiary/aromatic N) is 2. The molecule has 0 aliphatic carbocycles. The first-order chi connectivity index (χ1) is 8.63. The van der Waals surface area contributed by atoms with Crippen molar-refractivity contribution in [1.82, 2.24) is 4.98 Å². The lowest BCUT2D eigenvalue weighted by Gasteiger charge is -2.17. The molecule has 0 bridgehead atoms. The SMILES string of the molecule is COC(=O)c1cnc(N(C)c2ccccc2C)s1. The summed E-state index contributed by atoms with van der Waals surface area (Å²) in [6.07, 6.45) is 1.54. The number of para-hydroxylation sites is 1. The number of aryl methyl sites for hydroxylation is 1. The minimum atomic E-state index is -0.350. The second kappa shape index (κ2) is 5.18. The highest BCUT2D eigenvalue weighted by Crippen LogP contribution is 2.30. The van der Waals surface area contributed by atoms with E-state index in [9.17, 15) is 4.79 Å². The molecule has 94 valence electrons. The fourth-order valence-electron chi connectivity index (χ4n) is 1.66. The van der Waals surface area contributed by atoms with Crippen LogP contribution >= 0.6 is 11.3 Å². The third kappa shape index (κ3) is 2.36. The molecule has 0 aliphatic rings. The maximum absolute atomic E-state index is 11.4. The van der Waals surface area contributed by atoms with E-state index in [2.05, 4.69) is 9.72 Å². The third-order valence-corrected chi connectivity index (χ3v) is 3.70. The van der Waals surface area contributed by atoms with Crippen molar-refractivity contribution < 1.29 is 9.53 Å². The molecule has 2 rings (SSSR count). The van der Waals surface area contributed by atoms with Gasteiger partial charge in [-0.15, -0.1) is 0 Å². The number of hydrogen-bond donors (Lipinski definition) is 0. The number of aromatic nitrogens is 1. The number of benzene rings is 1. The average molecular weight is 262 g/mol. The Kier molecular flexibility index (Phi) is 3.62. The van der Waals surface area contributed by atoms with E-state index in [0.717, 1.165) is 16.4 Å². The largest absolute Gasteiger partial charge is 0.465 e. The van der Waals surface area contributed by atoms with Gasteiger partial charge in [0.25, 0.3) is 0 Å². The summed E-state index contributed by atoms with van der Waals surface area (Å²) in [5, 5.41) is 0.768. The average Bonchev–Trinajstić information content (AvgIpc) is 2.87. The normalized spacial score (nSPS) is 10.2. The van der Waals surface area contributed by atoms with E-state index >= 15 is 0 Å². The smallest absolute Gasteiger partial charge is 0.349 e. The van der Waals surface area contributed by atoms with Gasteiger partial charge < -0.3 is 9.64 Å². The summed E-state index contributed by atoms with van der Waals surface area (Å²) in [6.45, 7) is 2.04. The van der Waals surface area contributed by atoms with Crippen molar-refractivity contribution in [2.45, 2.75) is 6.92 Å². The lowest BCUT2D eigenvalue weighted by atomic mass is 10.2. The number of carbonyl (C=O) groups excluding carboxylic acids is 1. The van der Waals surface area contributed by atoms with Gasteiger partial charge in [0.05, 0.1) is 13.3 Å². The molecule has 0 unspecified atom stereocenters. The van der Waals surface area contributed by atoms with E-state index in [1.54, 1.807) is 6.20 Å². The molecule has 0 aliphatic heterocycles. The van der Waals surface area contributed by atoms with E-state index in [4.69, 9.17) is 0 Å².